The number of fused-ring (bicyclic) bond motifs is 9. The Balaban J connectivity index is 1.23. The molecule has 0 amide bonds. The summed E-state index contributed by atoms with van der Waals surface area (Å²) in [5.41, 5.74) is 19.0. The molecule has 7 aromatic rings. The first kappa shape index (κ1) is 33.5. The first-order valence-electron chi connectivity index (χ1n) is 20.2. The van der Waals surface area contributed by atoms with Gasteiger partial charge in [0.25, 0.3) is 0 Å². The molecule has 1 saturated carbocycles. The van der Waals surface area contributed by atoms with Crippen LogP contribution in [-0.4, -0.2) is 0 Å². The summed E-state index contributed by atoms with van der Waals surface area (Å²) < 4.78 is 6.92. The Labute approximate surface area is 320 Å². The fraction of sp³-hybridized carbons (Fsp3) is 0.308. The van der Waals surface area contributed by atoms with E-state index in [1.807, 2.05) is 0 Å². The first-order chi connectivity index (χ1) is 25.9. The summed E-state index contributed by atoms with van der Waals surface area (Å²) in [5.74, 6) is 0.552. The van der Waals surface area contributed by atoms with E-state index >= 15 is 0 Å². The van der Waals surface area contributed by atoms with Crippen molar-refractivity contribution in [2.24, 2.45) is 0 Å². The SMILES string of the molecule is CC(C)(C)c1ccc2c(c1)C(C)(C)c1cc(N(c3ccc4c(c3)C(C)(C)c3ccccc3-4)c3cc(C4CCCCC4)cc4c3oc3ccccc34)ccc1-2. The van der Waals surface area contributed by atoms with Gasteiger partial charge in [0, 0.05) is 33.0 Å². The summed E-state index contributed by atoms with van der Waals surface area (Å²) in [4.78, 5) is 2.52. The highest BCUT2D eigenvalue weighted by Gasteiger charge is 2.39. The van der Waals surface area contributed by atoms with E-state index in [-0.39, 0.29) is 16.2 Å². The normalized spacial score (nSPS) is 17.0. The fourth-order valence-electron chi connectivity index (χ4n) is 10.3. The maximum Gasteiger partial charge on any atom is 0.159 e. The van der Waals surface area contributed by atoms with Gasteiger partial charge in [-0.1, -0.05) is 141 Å². The Kier molecular flexibility index (Phi) is 7.26. The molecule has 1 fully saturated rings. The largest absolute Gasteiger partial charge is 0.454 e. The first-order valence-corrected chi connectivity index (χ1v) is 20.2. The lowest BCUT2D eigenvalue weighted by atomic mass is 9.79. The number of para-hydroxylation sites is 1. The molecule has 0 atom stereocenters. The molecule has 3 aliphatic carbocycles. The van der Waals surface area contributed by atoms with Crippen molar-refractivity contribution in [3.8, 4) is 22.3 Å². The molecule has 10 rings (SSSR count). The minimum Gasteiger partial charge on any atom is -0.454 e. The van der Waals surface area contributed by atoms with E-state index in [0.29, 0.717) is 5.92 Å². The summed E-state index contributed by atoms with van der Waals surface area (Å²) in [7, 11) is 0. The molecule has 54 heavy (non-hydrogen) atoms. The maximum atomic E-state index is 6.92. The van der Waals surface area contributed by atoms with Crippen molar-refractivity contribution in [2.45, 2.75) is 103 Å². The molecule has 0 N–H and O–H groups in total. The second-order valence-electron chi connectivity index (χ2n) is 18.5. The van der Waals surface area contributed by atoms with Crippen molar-refractivity contribution in [1.82, 2.24) is 0 Å². The number of benzene rings is 6. The van der Waals surface area contributed by atoms with Crippen LogP contribution in [0.15, 0.2) is 120 Å². The molecule has 0 radical (unpaired) electrons. The molecular weight excluding hydrogens is 655 g/mol. The molecule has 0 aliphatic heterocycles. The van der Waals surface area contributed by atoms with Crippen molar-refractivity contribution in [3.63, 3.8) is 0 Å². The summed E-state index contributed by atoms with van der Waals surface area (Å²) in [6, 6.07) is 44.1. The van der Waals surface area contributed by atoms with Crippen LogP contribution in [-0.2, 0) is 16.2 Å². The minimum atomic E-state index is -0.145. The van der Waals surface area contributed by atoms with E-state index in [9.17, 15) is 0 Å². The summed E-state index contributed by atoms with van der Waals surface area (Å²) in [6.45, 7) is 16.5. The van der Waals surface area contributed by atoms with Gasteiger partial charge in [-0.15, -0.1) is 0 Å². The molecule has 1 aromatic heterocycles. The summed E-state index contributed by atoms with van der Waals surface area (Å²) in [5, 5.41) is 2.41. The topological polar surface area (TPSA) is 16.4 Å². The van der Waals surface area contributed by atoms with Gasteiger partial charge in [0.1, 0.15) is 5.58 Å². The van der Waals surface area contributed by atoms with Gasteiger partial charge < -0.3 is 9.32 Å². The van der Waals surface area contributed by atoms with E-state index in [0.717, 1.165) is 16.9 Å². The van der Waals surface area contributed by atoms with Gasteiger partial charge in [0.15, 0.2) is 5.58 Å². The molecule has 0 spiro atoms. The predicted octanol–water partition coefficient (Wildman–Crippen LogP) is 15.0. The van der Waals surface area contributed by atoms with Crippen LogP contribution >= 0.6 is 0 Å². The van der Waals surface area contributed by atoms with Crippen LogP contribution in [0.3, 0.4) is 0 Å². The van der Waals surface area contributed by atoms with Crippen LogP contribution in [0.1, 0.15) is 120 Å². The van der Waals surface area contributed by atoms with Gasteiger partial charge in [-0.25, -0.2) is 0 Å². The third kappa shape index (κ3) is 4.91. The van der Waals surface area contributed by atoms with Crippen molar-refractivity contribution >= 4 is 39.0 Å². The van der Waals surface area contributed by atoms with E-state index in [1.54, 1.807) is 0 Å². The van der Waals surface area contributed by atoms with Gasteiger partial charge >= 0.3 is 0 Å². The lowest BCUT2D eigenvalue weighted by Gasteiger charge is -2.31. The molecular formula is C52H51NO. The fourth-order valence-corrected chi connectivity index (χ4v) is 10.3. The number of hydrogen-bond acceptors (Lipinski definition) is 2. The van der Waals surface area contributed by atoms with Gasteiger partial charge in [-0.3, -0.25) is 0 Å². The van der Waals surface area contributed by atoms with Gasteiger partial charge in [-0.2, -0.15) is 0 Å². The molecule has 2 heteroatoms. The Morgan fingerprint density at radius 3 is 1.81 bits per heavy atom. The van der Waals surface area contributed by atoms with Crippen molar-refractivity contribution in [1.29, 1.82) is 0 Å². The zero-order chi connectivity index (χ0) is 37.1. The Morgan fingerprint density at radius 1 is 0.556 bits per heavy atom. The van der Waals surface area contributed by atoms with E-state index in [1.165, 1.54) is 110 Å². The Hall–Kier alpha value is -5.08. The van der Waals surface area contributed by atoms with Crippen LogP contribution in [0.5, 0.6) is 0 Å². The third-order valence-corrected chi connectivity index (χ3v) is 13.4. The number of nitrogens with zero attached hydrogens (tertiary/aromatic N) is 1. The minimum absolute atomic E-state index is 0.0875. The quantitative estimate of drug-likeness (QED) is 0.181. The van der Waals surface area contributed by atoms with Crippen LogP contribution in [0.2, 0.25) is 0 Å². The van der Waals surface area contributed by atoms with E-state index in [4.69, 9.17) is 4.42 Å². The standard InChI is InChI=1S/C52H51NO/c1-50(2,3)34-21-24-38-40-26-23-36(31-46(40)52(6,7)44(38)29-34)53(35-22-25-39-37-17-11-13-19-43(37)51(4,5)45(39)30-35)47-28-33(32-15-9-8-10-16-32)27-42-41-18-12-14-20-48(41)54-49(42)47/h11-14,17-32H,8-10,15-16H2,1-7H3. The average Bonchev–Trinajstić information content (AvgIpc) is 3.74. The van der Waals surface area contributed by atoms with Crippen molar-refractivity contribution < 1.29 is 4.42 Å². The Morgan fingerprint density at radius 2 is 1.13 bits per heavy atom. The van der Waals surface area contributed by atoms with Crippen molar-refractivity contribution in [3.05, 3.63) is 149 Å². The van der Waals surface area contributed by atoms with Gasteiger partial charge in [0.2, 0.25) is 0 Å². The van der Waals surface area contributed by atoms with Crippen LogP contribution in [0.25, 0.3) is 44.2 Å². The van der Waals surface area contributed by atoms with Crippen LogP contribution < -0.4 is 4.90 Å². The smallest absolute Gasteiger partial charge is 0.159 e. The molecule has 2 nitrogen and oxygen atoms in total. The zero-order valence-electron chi connectivity index (χ0n) is 32.9. The molecule has 3 aliphatic rings. The highest BCUT2D eigenvalue weighted by molar-refractivity contribution is 6.11. The van der Waals surface area contributed by atoms with Crippen molar-refractivity contribution in [2.75, 3.05) is 4.90 Å². The monoisotopic (exact) mass is 705 g/mol. The summed E-state index contributed by atoms with van der Waals surface area (Å²) in [6.07, 6.45) is 6.42. The Bertz CT molecular complexity index is 2640. The van der Waals surface area contributed by atoms with Crippen LogP contribution in [0, 0.1) is 0 Å². The van der Waals surface area contributed by atoms with Gasteiger partial charge in [0.05, 0.1) is 5.69 Å². The maximum absolute atomic E-state index is 6.92. The molecule has 0 saturated heterocycles. The van der Waals surface area contributed by atoms with Crippen LogP contribution in [0.4, 0.5) is 17.1 Å². The van der Waals surface area contributed by atoms with Gasteiger partial charge in [-0.05, 0) is 122 Å². The number of rotatable bonds is 4. The molecule has 270 valence electrons. The number of hydrogen-bond donors (Lipinski definition) is 0. The molecule has 0 unspecified atom stereocenters. The lowest BCUT2D eigenvalue weighted by Crippen LogP contribution is -2.19. The molecule has 0 bridgehead atoms. The lowest BCUT2D eigenvalue weighted by molar-refractivity contribution is 0.444. The number of furan rings is 1. The molecule has 1 heterocycles. The summed E-state index contributed by atoms with van der Waals surface area (Å²) >= 11 is 0. The van der Waals surface area contributed by atoms with E-state index < -0.39 is 0 Å². The third-order valence-electron chi connectivity index (χ3n) is 13.4. The average molecular weight is 706 g/mol. The van der Waals surface area contributed by atoms with E-state index in [2.05, 4.69) is 169 Å². The second-order valence-corrected chi connectivity index (χ2v) is 18.5. The second kappa shape index (κ2) is 11.7. The zero-order valence-corrected chi connectivity index (χ0v) is 32.9. The molecule has 6 aromatic carbocycles. The highest BCUT2D eigenvalue weighted by atomic mass is 16.3. The number of anilines is 3. The predicted molar refractivity (Wildman–Crippen MR) is 228 cm³/mol. The highest BCUT2D eigenvalue weighted by Crippen LogP contribution is 2.55.